The number of hydrogen-bond acceptors (Lipinski definition) is 4. The Balaban J connectivity index is 2.21. The third kappa shape index (κ3) is 2.77. The highest BCUT2D eigenvalue weighted by atomic mass is 16.1. The van der Waals surface area contributed by atoms with Crippen LogP contribution in [0.15, 0.2) is 24.4 Å². The Bertz CT molecular complexity index is 448. The van der Waals surface area contributed by atoms with Crippen molar-refractivity contribution in [3.63, 3.8) is 0 Å². The second-order valence-electron chi connectivity index (χ2n) is 5.70. The predicted octanol–water partition coefficient (Wildman–Crippen LogP) is 0.667. The summed E-state index contributed by atoms with van der Waals surface area (Å²) in [5.41, 5.74) is 12.1. The number of aromatic nitrogens is 1. The molecule has 4 N–H and O–H groups in total. The lowest BCUT2D eigenvalue weighted by atomic mass is 9.89. The van der Waals surface area contributed by atoms with Gasteiger partial charge in [0.05, 0.1) is 17.2 Å². The summed E-state index contributed by atoms with van der Waals surface area (Å²) >= 11 is 0. The fraction of sp³-hybridized carbons (Fsp3) is 0.571. The second kappa shape index (κ2) is 5.27. The number of likely N-dealkylation sites (tertiary alicyclic amines) is 1. The SMILES string of the molecule is CC(N)C(c1ccccn1)N1CCC(C)(C(N)=O)C1. The molecular formula is C14H22N4O. The van der Waals surface area contributed by atoms with Crippen molar-refractivity contribution < 1.29 is 4.79 Å². The van der Waals surface area contributed by atoms with Crippen LogP contribution in [0, 0.1) is 5.41 Å². The van der Waals surface area contributed by atoms with Crippen LogP contribution in [0.3, 0.4) is 0 Å². The molecule has 2 rings (SSSR count). The summed E-state index contributed by atoms with van der Waals surface area (Å²) in [5, 5.41) is 0. The average Bonchev–Trinajstić information content (AvgIpc) is 2.74. The first-order valence-corrected chi connectivity index (χ1v) is 6.64. The van der Waals surface area contributed by atoms with E-state index in [2.05, 4.69) is 9.88 Å². The van der Waals surface area contributed by atoms with E-state index in [9.17, 15) is 4.79 Å². The fourth-order valence-electron chi connectivity index (χ4n) is 2.78. The molecule has 3 unspecified atom stereocenters. The molecule has 3 atom stereocenters. The first kappa shape index (κ1) is 14.0. The minimum absolute atomic E-state index is 0.0300. The Labute approximate surface area is 114 Å². The summed E-state index contributed by atoms with van der Waals surface area (Å²) in [4.78, 5) is 18.2. The minimum Gasteiger partial charge on any atom is -0.369 e. The van der Waals surface area contributed by atoms with Gasteiger partial charge in [0.25, 0.3) is 0 Å². The van der Waals surface area contributed by atoms with E-state index in [-0.39, 0.29) is 18.0 Å². The molecule has 2 heterocycles. The van der Waals surface area contributed by atoms with E-state index >= 15 is 0 Å². The Kier molecular flexibility index (Phi) is 3.87. The molecule has 1 aromatic heterocycles. The Morgan fingerprint density at radius 2 is 2.26 bits per heavy atom. The van der Waals surface area contributed by atoms with Crippen LogP contribution in [0.4, 0.5) is 0 Å². The Hall–Kier alpha value is -1.46. The van der Waals surface area contributed by atoms with Gasteiger partial charge < -0.3 is 11.5 Å². The molecule has 19 heavy (non-hydrogen) atoms. The third-order valence-electron chi connectivity index (χ3n) is 3.98. The lowest BCUT2D eigenvalue weighted by Gasteiger charge is -2.31. The second-order valence-corrected chi connectivity index (χ2v) is 5.70. The molecule has 0 bridgehead atoms. The standard InChI is InChI=1S/C14H22N4O/c1-10(15)12(11-5-3-4-7-17-11)18-8-6-14(2,9-18)13(16)19/h3-5,7,10,12H,6,8-9,15H2,1-2H3,(H2,16,19). The maximum atomic E-state index is 11.5. The summed E-state index contributed by atoms with van der Waals surface area (Å²) in [7, 11) is 0. The van der Waals surface area contributed by atoms with E-state index in [1.165, 1.54) is 0 Å². The van der Waals surface area contributed by atoms with E-state index < -0.39 is 5.41 Å². The van der Waals surface area contributed by atoms with Crippen molar-refractivity contribution in [3.8, 4) is 0 Å². The highest BCUT2D eigenvalue weighted by Gasteiger charge is 2.42. The van der Waals surface area contributed by atoms with E-state index in [1.807, 2.05) is 32.0 Å². The first-order valence-electron chi connectivity index (χ1n) is 6.64. The number of amides is 1. The summed E-state index contributed by atoms with van der Waals surface area (Å²) in [6.07, 6.45) is 2.55. The zero-order valence-corrected chi connectivity index (χ0v) is 11.5. The van der Waals surface area contributed by atoms with Gasteiger partial charge in [-0.05, 0) is 38.9 Å². The molecule has 1 amide bonds. The molecule has 1 saturated heterocycles. The quantitative estimate of drug-likeness (QED) is 0.835. The molecule has 0 radical (unpaired) electrons. The molecule has 5 nitrogen and oxygen atoms in total. The van der Waals surface area contributed by atoms with Crippen molar-refractivity contribution in [1.29, 1.82) is 0 Å². The Morgan fingerprint density at radius 3 is 2.74 bits per heavy atom. The van der Waals surface area contributed by atoms with Crippen molar-refractivity contribution in [2.75, 3.05) is 13.1 Å². The molecule has 1 aliphatic heterocycles. The molecule has 0 saturated carbocycles. The lowest BCUT2D eigenvalue weighted by Crippen LogP contribution is -2.42. The smallest absolute Gasteiger partial charge is 0.224 e. The van der Waals surface area contributed by atoms with Crippen LogP contribution < -0.4 is 11.5 Å². The number of carbonyl (C=O) groups is 1. The average molecular weight is 262 g/mol. The molecular weight excluding hydrogens is 240 g/mol. The van der Waals surface area contributed by atoms with E-state index in [0.717, 1.165) is 18.7 Å². The summed E-state index contributed by atoms with van der Waals surface area (Å²) in [6.45, 7) is 5.36. The number of pyridine rings is 1. The van der Waals surface area contributed by atoms with Crippen LogP contribution in [0.2, 0.25) is 0 Å². The van der Waals surface area contributed by atoms with Gasteiger partial charge in [0.1, 0.15) is 0 Å². The van der Waals surface area contributed by atoms with Gasteiger partial charge in [-0.2, -0.15) is 0 Å². The maximum absolute atomic E-state index is 11.5. The molecule has 1 aliphatic rings. The van der Waals surface area contributed by atoms with Gasteiger partial charge in [0, 0.05) is 18.8 Å². The van der Waals surface area contributed by atoms with Crippen LogP contribution in [-0.4, -0.2) is 34.9 Å². The number of nitrogens with zero attached hydrogens (tertiary/aromatic N) is 2. The van der Waals surface area contributed by atoms with Crippen LogP contribution in [-0.2, 0) is 4.79 Å². The van der Waals surface area contributed by atoms with Crippen LogP contribution >= 0.6 is 0 Å². The largest absolute Gasteiger partial charge is 0.369 e. The summed E-state index contributed by atoms with van der Waals surface area (Å²) < 4.78 is 0. The third-order valence-corrected chi connectivity index (χ3v) is 3.98. The van der Waals surface area contributed by atoms with Crippen LogP contribution in [0.1, 0.15) is 32.0 Å². The molecule has 1 aromatic rings. The van der Waals surface area contributed by atoms with Gasteiger partial charge in [-0.1, -0.05) is 6.07 Å². The monoisotopic (exact) mass is 262 g/mol. The number of rotatable bonds is 4. The minimum atomic E-state index is -0.456. The number of carbonyl (C=O) groups excluding carboxylic acids is 1. The molecule has 5 heteroatoms. The maximum Gasteiger partial charge on any atom is 0.224 e. The summed E-state index contributed by atoms with van der Waals surface area (Å²) in [6, 6.07) is 5.81. The van der Waals surface area contributed by atoms with Crippen molar-refractivity contribution in [3.05, 3.63) is 30.1 Å². The normalized spacial score (nSPS) is 27.1. The number of nitrogens with two attached hydrogens (primary N) is 2. The van der Waals surface area contributed by atoms with Crippen LogP contribution in [0.25, 0.3) is 0 Å². The van der Waals surface area contributed by atoms with E-state index in [0.29, 0.717) is 6.54 Å². The van der Waals surface area contributed by atoms with Crippen molar-refractivity contribution >= 4 is 5.91 Å². The molecule has 1 fully saturated rings. The zero-order valence-electron chi connectivity index (χ0n) is 11.5. The lowest BCUT2D eigenvalue weighted by molar-refractivity contribution is -0.126. The van der Waals surface area contributed by atoms with Gasteiger partial charge in [-0.3, -0.25) is 14.7 Å². The highest BCUT2D eigenvalue weighted by molar-refractivity contribution is 5.81. The van der Waals surface area contributed by atoms with Gasteiger partial charge >= 0.3 is 0 Å². The molecule has 0 spiro atoms. The van der Waals surface area contributed by atoms with Gasteiger partial charge in [0.15, 0.2) is 0 Å². The molecule has 0 aromatic carbocycles. The van der Waals surface area contributed by atoms with Gasteiger partial charge in [0.2, 0.25) is 5.91 Å². The van der Waals surface area contributed by atoms with Gasteiger partial charge in [-0.25, -0.2) is 0 Å². The van der Waals surface area contributed by atoms with Crippen molar-refractivity contribution in [2.24, 2.45) is 16.9 Å². The van der Waals surface area contributed by atoms with E-state index in [4.69, 9.17) is 11.5 Å². The van der Waals surface area contributed by atoms with E-state index in [1.54, 1.807) is 6.20 Å². The predicted molar refractivity (Wildman–Crippen MR) is 74.1 cm³/mol. The fourth-order valence-corrected chi connectivity index (χ4v) is 2.78. The van der Waals surface area contributed by atoms with Gasteiger partial charge in [-0.15, -0.1) is 0 Å². The zero-order chi connectivity index (χ0) is 14.0. The van der Waals surface area contributed by atoms with Crippen molar-refractivity contribution in [2.45, 2.75) is 32.4 Å². The number of primary amides is 1. The molecule has 0 aliphatic carbocycles. The molecule has 104 valence electrons. The topological polar surface area (TPSA) is 85.2 Å². The van der Waals surface area contributed by atoms with Crippen LogP contribution in [0.5, 0.6) is 0 Å². The highest BCUT2D eigenvalue weighted by Crippen LogP contribution is 2.35. The first-order chi connectivity index (χ1) is 8.94. The van der Waals surface area contributed by atoms with Crippen molar-refractivity contribution in [1.82, 2.24) is 9.88 Å². The Morgan fingerprint density at radius 1 is 1.53 bits per heavy atom. The summed E-state index contributed by atoms with van der Waals surface area (Å²) in [5.74, 6) is -0.237. The number of hydrogen-bond donors (Lipinski definition) is 2.